The van der Waals surface area contributed by atoms with Crippen molar-refractivity contribution in [3.8, 4) is 0 Å². The van der Waals surface area contributed by atoms with Gasteiger partial charge in [0, 0.05) is 6.61 Å². The molecule has 204 valence electrons. The van der Waals surface area contributed by atoms with E-state index in [-0.39, 0.29) is 11.9 Å². The summed E-state index contributed by atoms with van der Waals surface area (Å²) in [6, 6.07) is 0. The fourth-order valence-electron chi connectivity index (χ4n) is 4.02. The summed E-state index contributed by atoms with van der Waals surface area (Å²) in [6.07, 6.45) is 21.8. The van der Waals surface area contributed by atoms with Gasteiger partial charge in [-0.25, -0.2) is 0 Å². The lowest BCUT2D eigenvalue weighted by atomic mass is 10.00. The molecule has 0 aliphatic heterocycles. The second kappa shape index (κ2) is 28.6. The van der Waals surface area contributed by atoms with E-state index >= 15 is 0 Å². The van der Waals surface area contributed by atoms with Crippen molar-refractivity contribution < 1.29 is 23.7 Å². The van der Waals surface area contributed by atoms with Crippen LogP contribution in [-0.2, 0) is 23.7 Å². The molecule has 0 fully saturated rings. The minimum atomic E-state index is -0.0866. The highest BCUT2D eigenvalue weighted by Crippen LogP contribution is 2.14. The zero-order valence-electron chi connectivity index (χ0n) is 23.1. The van der Waals surface area contributed by atoms with Gasteiger partial charge in [0.2, 0.25) is 0 Å². The highest BCUT2D eigenvalue weighted by molar-refractivity contribution is 5.72. The Bertz CT molecular complexity index is 402. The van der Waals surface area contributed by atoms with Gasteiger partial charge < -0.3 is 18.9 Å². The summed E-state index contributed by atoms with van der Waals surface area (Å²) < 4.78 is 21.9. The molecule has 0 saturated carbocycles. The van der Waals surface area contributed by atoms with Crippen LogP contribution in [-0.4, -0.2) is 52.2 Å². The maximum atomic E-state index is 12.0. The Hall–Kier alpha value is -0.650. The van der Waals surface area contributed by atoms with Gasteiger partial charge in [-0.15, -0.1) is 0 Å². The number of rotatable bonds is 28. The highest BCUT2D eigenvalue weighted by atomic mass is 16.6. The molecule has 5 heteroatoms. The average molecular weight is 487 g/mol. The Kier molecular flexibility index (Phi) is 28.0. The average Bonchev–Trinajstić information content (AvgIpc) is 2.85. The van der Waals surface area contributed by atoms with E-state index in [0.717, 1.165) is 38.7 Å². The summed E-state index contributed by atoms with van der Waals surface area (Å²) in [6.45, 7) is 10.4. The zero-order chi connectivity index (χ0) is 25.0. The van der Waals surface area contributed by atoms with E-state index in [1.807, 2.05) is 6.92 Å². The molecule has 0 rings (SSSR count). The summed E-state index contributed by atoms with van der Waals surface area (Å²) >= 11 is 0. The van der Waals surface area contributed by atoms with E-state index in [9.17, 15) is 4.79 Å². The van der Waals surface area contributed by atoms with Crippen LogP contribution >= 0.6 is 0 Å². The molecule has 0 heterocycles. The molecule has 0 aliphatic carbocycles. The summed E-state index contributed by atoms with van der Waals surface area (Å²) in [4.78, 5) is 12.0. The van der Waals surface area contributed by atoms with Gasteiger partial charge >= 0.3 is 5.97 Å². The SMILES string of the molecule is CCCCCCCCCCCCCCCOCCOCCOCCOC(=O)C(CC)CCCC. The van der Waals surface area contributed by atoms with E-state index < -0.39 is 0 Å². The molecule has 0 aromatic rings. The first-order valence-corrected chi connectivity index (χ1v) is 14.7. The lowest BCUT2D eigenvalue weighted by Gasteiger charge is -2.13. The smallest absolute Gasteiger partial charge is 0.308 e. The first-order chi connectivity index (χ1) is 16.8. The molecule has 1 atom stereocenters. The van der Waals surface area contributed by atoms with Crippen molar-refractivity contribution in [1.82, 2.24) is 0 Å². The first-order valence-electron chi connectivity index (χ1n) is 14.7. The van der Waals surface area contributed by atoms with Gasteiger partial charge in [0.05, 0.1) is 39.0 Å². The molecular formula is C29H58O5. The van der Waals surface area contributed by atoms with Crippen LogP contribution in [0.4, 0.5) is 0 Å². The number of ether oxygens (including phenoxy) is 4. The summed E-state index contributed by atoms with van der Waals surface area (Å²) in [5.74, 6) is -0.0561. The molecule has 1 unspecified atom stereocenters. The normalized spacial score (nSPS) is 12.2. The van der Waals surface area contributed by atoms with Crippen LogP contribution in [0.1, 0.15) is 130 Å². The molecule has 0 bridgehead atoms. The molecule has 0 aromatic carbocycles. The molecule has 0 saturated heterocycles. The number of esters is 1. The van der Waals surface area contributed by atoms with Gasteiger partial charge in [0.1, 0.15) is 6.61 Å². The molecule has 0 aliphatic rings. The standard InChI is InChI=1S/C29H58O5/c1-4-7-9-10-11-12-13-14-15-16-17-18-19-21-31-22-23-32-24-25-33-26-27-34-29(30)28(6-3)20-8-5-2/h28H,4-27H2,1-3H3. The van der Waals surface area contributed by atoms with Crippen molar-refractivity contribution in [2.24, 2.45) is 5.92 Å². The fourth-order valence-corrected chi connectivity index (χ4v) is 4.02. The predicted molar refractivity (Wildman–Crippen MR) is 142 cm³/mol. The third kappa shape index (κ3) is 24.5. The molecule has 0 N–H and O–H groups in total. The number of hydrogen-bond acceptors (Lipinski definition) is 5. The van der Waals surface area contributed by atoms with Crippen molar-refractivity contribution in [2.45, 2.75) is 130 Å². The van der Waals surface area contributed by atoms with Gasteiger partial charge in [0.25, 0.3) is 0 Å². The van der Waals surface area contributed by atoms with Crippen molar-refractivity contribution in [3.05, 3.63) is 0 Å². The van der Waals surface area contributed by atoms with Crippen LogP contribution in [0, 0.1) is 5.92 Å². The third-order valence-corrected chi connectivity index (χ3v) is 6.34. The summed E-state index contributed by atoms with van der Waals surface area (Å²) in [7, 11) is 0. The summed E-state index contributed by atoms with van der Waals surface area (Å²) in [5, 5.41) is 0. The molecular weight excluding hydrogens is 428 g/mol. The van der Waals surface area contributed by atoms with E-state index in [2.05, 4.69) is 13.8 Å². The molecule has 0 radical (unpaired) electrons. The predicted octanol–water partition coefficient (Wildman–Crippen LogP) is 7.89. The zero-order valence-corrected chi connectivity index (χ0v) is 23.1. The Morgan fingerprint density at radius 3 is 1.38 bits per heavy atom. The van der Waals surface area contributed by atoms with Crippen LogP contribution in [0.25, 0.3) is 0 Å². The van der Waals surface area contributed by atoms with E-state index in [0.29, 0.717) is 39.6 Å². The van der Waals surface area contributed by atoms with Gasteiger partial charge in [-0.2, -0.15) is 0 Å². The number of carbonyl (C=O) groups excluding carboxylic acids is 1. The quantitative estimate of drug-likeness (QED) is 0.0831. The van der Waals surface area contributed by atoms with Crippen molar-refractivity contribution >= 4 is 5.97 Å². The molecule has 5 nitrogen and oxygen atoms in total. The first kappa shape index (κ1) is 33.4. The van der Waals surface area contributed by atoms with Crippen molar-refractivity contribution in [1.29, 1.82) is 0 Å². The van der Waals surface area contributed by atoms with E-state index in [1.54, 1.807) is 0 Å². The topological polar surface area (TPSA) is 54.0 Å². The van der Waals surface area contributed by atoms with Crippen molar-refractivity contribution in [2.75, 3.05) is 46.2 Å². The molecule has 0 spiro atoms. The maximum Gasteiger partial charge on any atom is 0.308 e. The summed E-state index contributed by atoms with van der Waals surface area (Å²) in [5.41, 5.74) is 0. The molecule has 0 aromatic heterocycles. The molecule has 34 heavy (non-hydrogen) atoms. The molecule has 0 amide bonds. The Morgan fingerprint density at radius 1 is 0.500 bits per heavy atom. The van der Waals surface area contributed by atoms with Crippen LogP contribution in [0.2, 0.25) is 0 Å². The van der Waals surface area contributed by atoms with Gasteiger partial charge in [0.15, 0.2) is 0 Å². The maximum absolute atomic E-state index is 12.0. The van der Waals surface area contributed by atoms with Gasteiger partial charge in [-0.1, -0.05) is 111 Å². The largest absolute Gasteiger partial charge is 0.463 e. The Balaban J connectivity index is 3.18. The Labute approximate surface area is 212 Å². The second-order valence-electron chi connectivity index (χ2n) is 9.49. The van der Waals surface area contributed by atoms with E-state index in [4.69, 9.17) is 18.9 Å². The minimum Gasteiger partial charge on any atom is -0.463 e. The number of carbonyl (C=O) groups is 1. The third-order valence-electron chi connectivity index (χ3n) is 6.34. The minimum absolute atomic E-state index is 0.0306. The Morgan fingerprint density at radius 2 is 0.912 bits per heavy atom. The fraction of sp³-hybridized carbons (Fsp3) is 0.966. The monoisotopic (exact) mass is 486 g/mol. The lowest BCUT2D eigenvalue weighted by molar-refractivity contribution is -0.150. The van der Waals surface area contributed by atoms with Crippen LogP contribution in [0.15, 0.2) is 0 Å². The highest BCUT2D eigenvalue weighted by Gasteiger charge is 2.16. The van der Waals surface area contributed by atoms with Gasteiger partial charge in [-0.05, 0) is 19.3 Å². The number of hydrogen-bond donors (Lipinski definition) is 0. The van der Waals surface area contributed by atoms with Gasteiger partial charge in [-0.3, -0.25) is 4.79 Å². The van der Waals surface area contributed by atoms with Crippen molar-refractivity contribution in [3.63, 3.8) is 0 Å². The van der Waals surface area contributed by atoms with Crippen LogP contribution in [0.3, 0.4) is 0 Å². The van der Waals surface area contributed by atoms with E-state index in [1.165, 1.54) is 77.0 Å². The second-order valence-corrected chi connectivity index (χ2v) is 9.49. The number of unbranched alkanes of at least 4 members (excludes halogenated alkanes) is 13. The van der Waals surface area contributed by atoms with Crippen LogP contribution in [0.5, 0.6) is 0 Å². The van der Waals surface area contributed by atoms with Crippen LogP contribution < -0.4 is 0 Å². The lowest BCUT2D eigenvalue weighted by Crippen LogP contribution is -2.20.